The second kappa shape index (κ2) is 12.0. The van der Waals surface area contributed by atoms with Gasteiger partial charge in [-0.1, -0.05) is 88.4 Å². The summed E-state index contributed by atoms with van der Waals surface area (Å²) >= 11 is 5.05. The largest absolute Gasteiger partial charge is 0.319 e. The molecule has 0 amide bonds. The van der Waals surface area contributed by atoms with E-state index in [2.05, 4.69) is 68.5 Å². The highest BCUT2D eigenvalue weighted by atomic mass is 79.9. The fraction of sp³-hybridized carbons (Fsp3) is 0.222. The molecule has 0 saturated carbocycles. The van der Waals surface area contributed by atoms with Crippen molar-refractivity contribution in [3.8, 4) is 22.5 Å². The lowest BCUT2D eigenvalue weighted by atomic mass is 10.0. The van der Waals surface area contributed by atoms with Gasteiger partial charge < -0.3 is 4.57 Å². The Bertz CT molecular complexity index is 1340. The SMILES string of the molecule is CCn1c(SCCCCNS(=O)(=O)c2ccc(Br)cc2)nc(-c2ccccc2)c1-c1ccccc1. The molecule has 5 nitrogen and oxygen atoms in total. The van der Waals surface area contributed by atoms with Gasteiger partial charge in [-0.25, -0.2) is 18.1 Å². The fourth-order valence-corrected chi connectivity index (χ4v) is 6.22. The van der Waals surface area contributed by atoms with Gasteiger partial charge in [0.05, 0.1) is 16.3 Å². The molecular weight excluding hydrogens is 542 g/mol. The summed E-state index contributed by atoms with van der Waals surface area (Å²) in [5, 5.41) is 0.987. The van der Waals surface area contributed by atoms with E-state index in [1.54, 1.807) is 36.0 Å². The molecule has 0 aliphatic heterocycles. The maximum Gasteiger partial charge on any atom is 0.240 e. The van der Waals surface area contributed by atoms with Crippen LogP contribution in [0.25, 0.3) is 22.5 Å². The van der Waals surface area contributed by atoms with E-state index in [9.17, 15) is 8.42 Å². The maximum atomic E-state index is 12.4. The quantitative estimate of drug-likeness (QED) is 0.158. The summed E-state index contributed by atoms with van der Waals surface area (Å²) in [5.74, 6) is 0.861. The fourth-order valence-electron chi connectivity index (χ4n) is 3.82. The first-order valence-corrected chi connectivity index (χ1v) is 14.8. The molecule has 0 spiro atoms. The molecule has 8 heteroatoms. The lowest BCUT2D eigenvalue weighted by Gasteiger charge is -2.11. The minimum Gasteiger partial charge on any atom is -0.319 e. The monoisotopic (exact) mass is 569 g/mol. The van der Waals surface area contributed by atoms with Crippen molar-refractivity contribution in [1.29, 1.82) is 0 Å². The second-order valence-corrected chi connectivity index (χ2v) is 11.7. The molecule has 4 rings (SSSR count). The minimum atomic E-state index is -3.48. The number of sulfonamides is 1. The van der Waals surface area contributed by atoms with E-state index >= 15 is 0 Å². The Hall–Kier alpha value is -2.39. The smallest absolute Gasteiger partial charge is 0.240 e. The van der Waals surface area contributed by atoms with Crippen LogP contribution in [-0.4, -0.2) is 30.3 Å². The zero-order valence-corrected chi connectivity index (χ0v) is 22.7. The summed E-state index contributed by atoms with van der Waals surface area (Å²) in [5.41, 5.74) is 4.37. The van der Waals surface area contributed by atoms with E-state index in [0.29, 0.717) is 6.54 Å². The van der Waals surface area contributed by atoms with Crippen molar-refractivity contribution in [3.05, 3.63) is 89.4 Å². The molecule has 0 aliphatic rings. The number of imidazole rings is 1. The van der Waals surface area contributed by atoms with E-state index in [1.165, 1.54) is 0 Å². The van der Waals surface area contributed by atoms with E-state index in [-0.39, 0.29) is 4.90 Å². The van der Waals surface area contributed by atoms with Crippen LogP contribution in [0.15, 0.2) is 99.5 Å². The molecule has 3 aromatic carbocycles. The summed E-state index contributed by atoms with van der Waals surface area (Å²) in [6.07, 6.45) is 1.64. The molecule has 0 bridgehead atoms. The van der Waals surface area contributed by atoms with Crippen molar-refractivity contribution < 1.29 is 8.42 Å². The molecular formula is C27H28BrN3O2S2. The van der Waals surface area contributed by atoms with E-state index in [0.717, 1.165) is 57.3 Å². The van der Waals surface area contributed by atoms with Crippen molar-refractivity contribution in [2.24, 2.45) is 0 Å². The number of nitrogens with one attached hydrogen (secondary N) is 1. The van der Waals surface area contributed by atoms with E-state index in [1.807, 2.05) is 24.3 Å². The van der Waals surface area contributed by atoms with E-state index < -0.39 is 10.0 Å². The highest BCUT2D eigenvalue weighted by Gasteiger charge is 2.19. The predicted molar refractivity (Wildman–Crippen MR) is 148 cm³/mol. The van der Waals surface area contributed by atoms with Crippen LogP contribution in [0.1, 0.15) is 19.8 Å². The zero-order chi connectivity index (χ0) is 24.7. The van der Waals surface area contributed by atoms with Gasteiger partial charge in [0.1, 0.15) is 0 Å². The average Bonchev–Trinajstić information content (AvgIpc) is 3.26. The highest BCUT2D eigenvalue weighted by molar-refractivity contribution is 9.10. The molecule has 0 fully saturated rings. The first-order valence-electron chi connectivity index (χ1n) is 11.6. The topological polar surface area (TPSA) is 64.0 Å². The van der Waals surface area contributed by atoms with Gasteiger partial charge in [-0.2, -0.15) is 0 Å². The number of unbranched alkanes of at least 4 members (excludes halogenated alkanes) is 1. The Morgan fingerprint density at radius 2 is 1.51 bits per heavy atom. The summed E-state index contributed by atoms with van der Waals surface area (Å²) < 4.78 is 30.7. The lowest BCUT2D eigenvalue weighted by molar-refractivity contribution is 0.578. The summed E-state index contributed by atoms with van der Waals surface area (Å²) in [6.45, 7) is 3.37. The minimum absolute atomic E-state index is 0.280. The molecule has 4 aromatic rings. The number of thioether (sulfide) groups is 1. The van der Waals surface area contributed by atoms with Crippen LogP contribution in [0.2, 0.25) is 0 Å². The van der Waals surface area contributed by atoms with Crippen LogP contribution in [0.4, 0.5) is 0 Å². The number of hydrogen-bond donors (Lipinski definition) is 1. The molecule has 1 aromatic heterocycles. The Morgan fingerprint density at radius 1 is 0.886 bits per heavy atom. The molecule has 0 aliphatic carbocycles. The van der Waals surface area contributed by atoms with Gasteiger partial charge in [0, 0.05) is 34.4 Å². The third-order valence-corrected chi connectivity index (χ3v) is 8.63. The van der Waals surface area contributed by atoms with E-state index in [4.69, 9.17) is 4.98 Å². The van der Waals surface area contributed by atoms with Gasteiger partial charge in [0.25, 0.3) is 0 Å². The predicted octanol–water partition coefficient (Wildman–Crippen LogP) is 6.85. The molecule has 0 radical (unpaired) electrons. The third-order valence-electron chi connectivity index (χ3n) is 5.56. The first kappa shape index (κ1) is 25.7. The summed E-state index contributed by atoms with van der Waals surface area (Å²) in [6, 6.07) is 27.3. The van der Waals surface area contributed by atoms with Crippen LogP contribution < -0.4 is 4.72 Å². The van der Waals surface area contributed by atoms with Crippen molar-refractivity contribution in [2.45, 2.75) is 36.4 Å². The van der Waals surface area contributed by atoms with Gasteiger partial charge in [0.15, 0.2) is 5.16 Å². The molecule has 182 valence electrons. The highest BCUT2D eigenvalue weighted by Crippen LogP contribution is 2.36. The number of rotatable bonds is 11. The zero-order valence-electron chi connectivity index (χ0n) is 19.5. The van der Waals surface area contributed by atoms with Crippen LogP contribution in [0.3, 0.4) is 0 Å². The van der Waals surface area contributed by atoms with Gasteiger partial charge in [0.2, 0.25) is 10.0 Å². The standard InChI is InChI=1S/C27H28BrN3O2S2/c1-2-31-26(22-13-7-4-8-14-22)25(21-11-5-3-6-12-21)30-27(31)34-20-10-9-19-29-35(32,33)24-17-15-23(28)16-18-24/h3-8,11-18,29H,2,9-10,19-20H2,1H3. The van der Waals surface area contributed by atoms with Crippen molar-refractivity contribution >= 4 is 37.7 Å². The Labute approximate surface area is 220 Å². The summed E-state index contributed by atoms with van der Waals surface area (Å²) in [7, 11) is -3.48. The van der Waals surface area contributed by atoms with Gasteiger partial charge in [-0.3, -0.25) is 0 Å². The number of benzene rings is 3. The van der Waals surface area contributed by atoms with Crippen LogP contribution in [0, 0.1) is 0 Å². The lowest BCUT2D eigenvalue weighted by Crippen LogP contribution is -2.24. The van der Waals surface area contributed by atoms with Crippen LogP contribution >= 0.6 is 27.7 Å². The molecule has 0 unspecified atom stereocenters. The van der Waals surface area contributed by atoms with Gasteiger partial charge in [-0.05, 0) is 44.0 Å². The maximum absolute atomic E-state index is 12.4. The number of aromatic nitrogens is 2. The van der Waals surface area contributed by atoms with Gasteiger partial charge in [-0.15, -0.1) is 0 Å². The van der Waals surface area contributed by atoms with Crippen LogP contribution in [-0.2, 0) is 16.6 Å². The molecule has 0 saturated heterocycles. The van der Waals surface area contributed by atoms with Crippen LogP contribution in [0.5, 0.6) is 0 Å². The Morgan fingerprint density at radius 3 is 2.14 bits per heavy atom. The van der Waals surface area contributed by atoms with Gasteiger partial charge >= 0.3 is 0 Å². The average molecular weight is 571 g/mol. The second-order valence-electron chi connectivity index (χ2n) is 7.98. The first-order chi connectivity index (χ1) is 17.0. The van der Waals surface area contributed by atoms with Crippen molar-refractivity contribution in [1.82, 2.24) is 14.3 Å². The Kier molecular flexibility index (Phi) is 8.83. The van der Waals surface area contributed by atoms with Crippen molar-refractivity contribution in [2.75, 3.05) is 12.3 Å². The number of hydrogen-bond acceptors (Lipinski definition) is 4. The molecule has 0 atom stereocenters. The molecule has 1 heterocycles. The summed E-state index contributed by atoms with van der Waals surface area (Å²) in [4.78, 5) is 5.32. The molecule has 35 heavy (non-hydrogen) atoms. The van der Waals surface area contributed by atoms with Crippen molar-refractivity contribution in [3.63, 3.8) is 0 Å². The third kappa shape index (κ3) is 6.44. The molecule has 1 N–H and O–H groups in total. The number of nitrogens with zero attached hydrogens (tertiary/aromatic N) is 2. The normalized spacial score (nSPS) is 11.6. The Balaban J connectivity index is 1.41. The number of halogens is 1.